The van der Waals surface area contributed by atoms with Gasteiger partial charge in [-0.25, -0.2) is 13.8 Å². The van der Waals surface area contributed by atoms with E-state index in [1.807, 2.05) is 6.07 Å². The van der Waals surface area contributed by atoms with E-state index in [4.69, 9.17) is 4.74 Å². The second kappa shape index (κ2) is 5.97. The maximum atomic E-state index is 13.6. The second-order valence-corrected chi connectivity index (χ2v) is 4.66. The predicted molar refractivity (Wildman–Crippen MR) is 72.2 cm³/mol. The highest BCUT2D eigenvalue weighted by molar-refractivity contribution is 9.10. The fourth-order valence-corrected chi connectivity index (χ4v) is 2.09. The van der Waals surface area contributed by atoms with Crippen LogP contribution in [0, 0.1) is 11.6 Å². The molecule has 19 heavy (non-hydrogen) atoms. The van der Waals surface area contributed by atoms with Gasteiger partial charge in [-0.3, -0.25) is 0 Å². The molecular weight excluding hydrogens is 318 g/mol. The minimum atomic E-state index is -0.645. The highest BCUT2D eigenvalue weighted by Gasteiger charge is 2.09. The summed E-state index contributed by atoms with van der Waals surface area (Å²) in [5.74, 6) is -0.757. The molecular formula is C13H11BrF2N2O. The second-order valence-electron chi connectivity index (χ2n) is 3.81. The van der Waals surface area contributed by atoms with E-state index in [1.54, 1.807) is 12.3 Å². The molecule has 0 unspecified atom stereocenters. The molecule has 0 amide bonds. The summed E-state index contributed by atoms with van der Waals surface area (Å²) >= 11 is 3.12. The Morgan fingerprint density at radius 1 is 1.32 bits per heavy atom. The summed E-state index contributed by atoms with van der Waals surface area (Å²) in [5, 5.41) is 2.89. The van der Waals surface area contributed by atoms with Crippen LogP contribution in [0.3, 0.4) is 0 Å². The smallest absolute Gasteiger partial charge is 0.212 e. The van der Waals surface area contributed by atoms with E-state index in [9.17, 15) is 8.78 Å². The van der Waals surface area contributed by atoms with Crippen molar-refractivity contribution < 1.29 is 13.5 Å². The van der Waals surface area contributed by atoms with Gasteiger partial charge in [-0.05, 0) is 27.6 Å². The molecule has 0 atom stereocenters. The van der Waals surface area contributed by atoms with Gasteiger partial charge in [0.25, 0.3) is 0 Å². The fourth-order valence-electron chi connectivity index (χ4n) is 1.54. The number of anilines is 1. The summed E-state index contributed by atoms with van der Waals surface area (Å²) in [6.07, 6.45) is 1.63. The molecule has 0 fully saturated rings. The lowest BCUT2D eigenvalue weighted by Crippen LogP contribution is -2.03. The van der Waals surface area contributed by atoms with Crippen molar-refractivity contribution in [2.24, 2.45) is 0 Å². The number of hydrogen-bond acceptors (Lipinski definition) is 3. The van der Waals surface area contributed by atoms with Crippen LogP contribution in [0.4, 0.5) is 14.5 Å². The first-order valence-corrected chi connectivity index (χ1v) is 6.27. The first kappa shape index (κ1) is 13.7. The summed E-state index contributed by atoms with van der Waals surface area (Å²) in [6.45, 7) is 0.373. The topological polar surface area (TPSA) is 34.1 Å². The average Bonchev–Trinajstić information content (AvgIpc) is 2.38. The van der Waals surface area contributed by atoms with Gasteiger partial charge in [-0.1, -0.05) is 6.07 Å². The first-order valence-electron chi connectivity index (χ1n) is 5.47. The van der Waals surface area contributed by atoms with E-state index in [2.05, 4.69) is 26.2 Å². The number of nitrogens with one attached hydrogen (secondary N) is 1. The number of benzene rings is 1. The van der Waals surface area contributed by atoms with Crippen LogP contribution in [-0.2, 0) is 6.54 Å². The monoisotopic (exact) mass is 328 g/mol. The van der Waals surface area contributed by atoms with Gasteiger partial charge in [0.2, 0.25) is 5.88 Å². The maximum absolute atomic E-state index is 13.6. The Labute approximate surface area is 117 Å². The zero-order valence-electron chi connectivity index (χ0n) is 10.1. The van der Waals surface area contributed by atoms with E-state index in [-0.39, 0.29) is 5.69 Å². The van der Waals surface area contributed by atoms with Gasteiger partial charge in [0.05, 0.1) is 12.8 Å². The van der Waals surface area contributed by atoms with E-state index in [0.29, 0.717) is 16.9 Å². The summed E-state index contributed by atoms with van der Waals surface area (Å²) in [4.78, 5) is 4.04. The van der Waals surface area contributed by atoms with Crippen molar-refractivity contribution in [2.75, 3.05) is 12.4 Å². The van der Waals surface area contributed by atoms with Crippen molar-refractivity contribution in [1.82, 2.24) is 4.98 Å². The fraction of sp³-hybridized carbons (Fsp3) is 0.154. The third kappa shape index (κ3) is 3.41. The minimum absolute atomic E-state index is 0.220. The summed E-state index contributed by atoms with van der Waals surface area (Å²) < 4.78 is 31.8. The van der Waals surface area contributed by atoms with Crippen LogP contribution in [0.25, 0.3) is 0 Å². The zero-order valence-corrected chi connectivity index (χ0v) is 11.7. The summed E-state index contributed by atoms with van der Waals surface area (Å²) in [5.41, 5.74) is 1.08. The highest BCUT2D eigenvalue weighted by Crippen LogP contribution is 2.27. The van der Waals surface area contributed by atoms with E-state index in [0.717, 1.165) is 11.6 Å². The predicted octanol–water partition coefficient (Wildman–Crippen LogP) is 3.74. The quantitative estimate of drug-likeness (QED) is 0.928. The number of ether oxygens (including phenoxy) is 1. The van der Waals surface area contributed by atoms with Crippen molar-refractivity contribution >= 4 is 21.6 Å². The molecule has 0 saturated heterocycles. The molecule has 1 heterocycles. The number of methoxy groups -OCH3 is 1. The number of halogens is 3. The van der Waals surface area contributed by atoms with Crippen molar-refractivity contribution in [3.05, 3.63) is 52.1 Å². The van der Waals surface area contributed by atoms with Crippen molar-refractivity contribution in [3.63, 3.8) is 0 Å². The molecule has 0 spiro atoms. The third-order valence-corrected chi connectivity index (χ3v) is 3.11. The van der Waals surface area contributed by atoms with E-state index < -0.39 is 11.6 Å². The molecule has 100 valence electrons. The molecule has 0 aliphatic carbocycles. The SMILES string of the molecule is COc1ccc(CNc2c(F)cc(F)cc2Br)cn1. The van der Waals surface area contributed by atoms with Crippen molar-refractivity contribution in [2.45, 2.75) is 6.54 Å². The van der Waals surface area contributed by atoms with Gasteiger partial charge in [0.15, 0.2) is 0 Å². The lowest BCUT2D eigenvalue weighted by molar-refractivity contribution is 0.397. The first-order chi connectivity index (χ1) is 9.10. The van der Waals surface area contributed by atoms with Crippen molar-refractivity contribution in [3.8, 4) is 5.88 Å². The molecule has 0 aliphatic rings. The van der Waals surface area contributed by atoms with Crippen molar-refractivity contribution in [1.29, 1.82) is 0 Å². The molecule has 6 heteroatoms. The number of pyridine rings is 1. The maximum Gasteiger partial charge on any atom is 0.212 e. The average molecular weight is 329 g/mol. The molecule has 0 bridgehead atoms. The molecule has 1 aromatic carbocycles. The number of nitrogens with zero attached hydrogens (tertiary/aromatic N) is 1. The number of rotatable bonds is 4. The Morgan fingerprint density at radius 2 is 2.11 bits per heavy atom. The molecule has 1 N–H and O–H groups in total. The molecule has 0 saturated carbocycles. The van der Waals surface area contributed by atoms with Crippen LogP contribution in [0.15, 0.2) is 34.9 Å². The van der Waals surface area contributed by atoms with Crippen LogP contribution < -0.4 is 10.1 Å². The van der Waals surface area contributed by atoms with E-state index >= 15 is 0 Å². The molecule has 0 aliphatic heterocycles. The molecule has 3 nitrogen and oxygen atoms in total. The Kier molecular flexibility index (Phi) is 4.31. The number of aromatic nitrogens is 1. The molecule has 0 radical (unpaired) electrons. The Hall–Kier alpha value is -1.69. The molecule has 2 rings (SSSR count). The van der Waals surface area contributed by atoms with Gasteiger partial charge in [0, 0.05) is 29.3 Å². The lowest BCUT2D eigenvalue weighted by atomic mass is 10.2. The van der Waals surface area contributed by atoms with Crippen LogP contribution in [-0.4, -0.2) is 12.1 Å². The van der Waals surface area contributed by atoms with Crippen LogP contribution in [0.2, 0.25) is 0 Å². The standard InChI is InChI=1S/C13H11BrF2N2O/c1-19-12-3-2-8(6-17-12)7-18-13-10(14)4-9(15)5-11(13)16/h2-6,18H,7H2,1H3. The van der Waals surface area contributed by atoms with Crippen LogP contribution in [0.1, 0.15) is 5.56 Å². The van der Waals surface area contributed by atoms with Gasteiger partial charge in [-0.15, -0.1) is 0 Å². The Bertz CT molecular complexity index is 552. The highest BCUT2D eigenvalue weighted by atomic mass is 79.9. The minimum Gasteiger partial charge on any atom is -0.481 e. The van der Waals surface area contributed by atoms with Gasteiger partial charge in [0.1, 0.15) is 11.6 Å². The summed E-state index contributed by atoms with van der Waals surface area (Å²) in [7, 11) is 1.53. The Morgan fingerprint density at radius 3 is 2.68 bits per heavy atom. The van der Waals surface area contributed by atoms with Crippen LogP contribution in [0.5, 0.6) is 5.88 Å². The lowest BCUT2D eigenvalue weighted by Gasteiger charge is -2.10. The zero-order chi connectivity index (χ0) is 13.8. The van der Waals surface area contributed by atoms with Gasteiger partial charge < -0.3 is 10.1 Å². The molecule has 2 aromatic rings. The normalized spacial score (nSPS) is 10.3. The van der Waals surface area contributed by atoms with E-state index in [1.165, 1.54) is 13.2 Å². The third-order valence-electron chi connectivity index (χ3n) is 2.48. The van der Waals surface area contributed by atoms with Gasteiger partial charge >= 0.3 is 0 Å². The van der Waals surface area contributed by atoms with Crippen LogP contribution >= 0.6 is 15.9 Å². The van der Waals surface area contributed by atoms with Gasteiger partial charge in [-0.2, -0.15) is 0 Å². The Balaban J connectivity index is 2.10. The number of hydrogen-bond donors (Lipinski definition) is 1. The molecule has 1 aromatic heterocycles. The summed E-state index contributed by atoms with van der Waals surface area (Å²) in [6, 6.07) is 5.57. The largest absolute Gasteiger partial charge is 0.481 e.